The van der Waals surface area contributed by atoms with E-state index in [9.17, 15) is 13.9 Å². The van der Waals surface area contributed by atoms with Gasteiger partial charge >= 0.3 is 0 Å². The summed E-state index contributed by atoms with van der Waals surface area (Å²) >= 11 is 1.60. The third kappa shape index (κ3) is 6.91. The summed E-state index contributed by atoms with van der Waals surface area (Å²) in [5, 5.41) is 12.3. The molecule has 176 valence electrons. The Kier molecular flexibility index (Phi) is 8.58. The molecule has 4 nitrogen and oxygen atoms in total. The molecule has 1 fully saturated rings. The number of halogens is 2. The SMILES string of the molecule is OC(CCN1CCN(CCOC(c2ccc(F)cc2)c2ccc(F)cc2)CC1)c1cccs1. The second-order valence-electron chi connectivity index (χ2n) is 8.36. The summed E-state index contributed by atoms with van der Waals surface area (Å²) in [5.41, 5.74) is 1.69. The maximum Gasteiger partial charge on any atom is 0.123 e. The molecule has 2 heterocycles. The summed E-state index contributed by atoms with van der Waals surface area (Å²) in [5.74, 6) is -0.588. The van der Waals surface area contributed by atoms with Crippen LogP contribution in [0.2, 0.25) is 0 Å². The average molecular weight is 473 g/mol. The molecule has 4 rings (SSSR count). The quantitative estimate of drug-likeness (QED) is 0.457. The molecule has 1 aliphatic rings. The van der Waals surface area contributed by atoms with Gasteiger partial charge in [-0.2, -0.15) is 0 Å². The number of rotatable bonds is 10. The van der Waals surface area contributed by atoms with E-state index in [2.05, 4.69) is 9.80 Å². The Labute approximate surface area is 198 Å². The zero-order valence-corrected chi connectivity index (χ0v) is 19.4. The fourth-order valence-electron chi connectivity index (χ4n) is 4.12. The normalized spacial score (nSPS) is 16.4. The second-order valence-corrected chi connectivity index (χ2v) is 9.34. The Morgan fingerprint density at radius 3 is 1.88 bits per heavy atom. The van der Waals surface area contributed by atoms with Crippen molar-refractivity contribution in [1.82, 2.24) is 9.80 Å². The molecule has 1 aromatic heterocycles. The number of aliphatic hydroxyl groups excluding tert-OH is 1. The predicted octanol–water partition coefficient (Wildman–Crippen LogP) is 4.87. The van der Waals surface area contributed by atoms with Crippen LogP contribution in [-0.4, -0.2) is 60.8 Å². The third-order valence-corrected chi connectivity index (χ3v) is 7.07. The van der Waals surface area contributed by atoms with Crippen LogP contribution in [0, 0.1) is 11.6 Å². The fourth-order valence-corrected chi connectivity index (χ4v) is 4.87. The lowest BCUT2D eigenvalue weighted by molar-refractivity contribution is 0.0427. The number of thiophene rings is 1. The average Bonchev–Trinajstić information content (AvgIpc) is 3.38. The lowest BCUT2D eigenvalue weighted by Crippen LogP contribution is -2.47. The van der Waals surface area contributed by atoms with E-state index in [1.807, 2.05) is 17.5 Å². The van der Waals surface area contributed by atoms with E-state index in [0.717, 1.165) is 61.7 Å². The van der Waals surface area contributed by atoms with Crippen LogP contribution >= 0.6 is 11.3 Å². The predicted molar refractivity (Wildman–Crippen MR) is 127 cm³/mol. The molecule has 0 radical (unpaired) electrons. The van der Waals surface area contributed by atoms with Crippen molar-refractivity contribution < 1.29 is 18.6 Å². The summed E-state index contributed by atoms with van der Waals surface area (Å²) in [6.45, 7) is 6.06. The van der Waals surface area contributed by atoms with Crippen molar-refractivity contribution in [2.75, 3.05) is 45.9 Å². The van der Waals surface area contributed by atoms with Gasteiger partial charge in [-0.1, -0.05) is 30.3 Å². The number of hydrogen-bond acceptors (Lipinski definition) is 5. The van der Waals surface area contributed by atoms with Gasteiger partial charge in [0.05, 0.1) is 12.7 Å². The van der Waals surface area contributed by atoms with Gasteiger partial charge in [-0.25, -0.2) is 8.78 Å². The molecular weight excluding hydrogens is 442 g/mol. The van der Waals surface area contributed by atoms with Crippen LogP contribution in [0.25, 0.3) is 0 Å². The Bertz CT molecular complexity index is 913. The van der Waals surface area contributed by atoms with Crippen molar-refractivity contribution in [2.24, 2.45) is 0 Å². The van der Waals surface area contributed by atoms with Gasteiger partial charge in [-0.15, -0.1) is 11.3 Å². The zero-order chi connectivity index (χ0) is 23.0. The van der Waals surface area contributed by atoms with Crippen LogP contribution < -0.4 is 0 Å². The minimum absolute atomic E-state index is 0.294. The topological polar surface area (TPSA) is 35.9 Å². The molecule has 3 aromatic rings. The monoisotopic (exact) mass is 472 g/mol. The lowest BCUT2D eigenvalue weighted by atomic mass is 10.0. The van der Waals surface area contributed by atoms with E-state index in [4.69, 9.17) is 4.74 Å². The van der Waals surface area contributed by atoms with Crippen molar-refractivity contribution in [2.45, 2.75) is 18.6 Å². The summed E-state index contributed by atoms with van der Waals surface area (Å²) in [4.78, 5) is 5.80. The highest BCUT2D eigenvalue weighted by Crippen LogP contribution is 2.27. The summed E-state index contributed by atoms with van der Waals surface area (Å²) in [6, 6.07) is 16.5. The molecule has 1 atom stereocenters. The minimum Gasteiger partial charge on any atom is -0.388 e. The molecule has 1 aliphatic heterocycles. The summed E-state index contributed by atoms with van der Waals surface area (Å²) in [7, 11) is 0. The van der Waals surface area contributed by atoms with Crippen LogP contribution in [-0.2, 0) is 4.74 Å². The molecule has 2 aromatic carbocycles. The fraction of sp³-hybridized carbons (Fsp3) is 0.385. The van der Waals surface area contributed by atoms with E-state index in [1.54, 1.807) is 35.6 Å². The maximum absolute atomic E-state index is 13.4. The highest BCUT2D eigenvalue weighted by molar-refractivity contribution is 7.10. The first-order chi connectivity index (χ1) is 16.1. The molecule has 33 heavy (non-hydrogen) atoms. The highest BCUT2D eigenvalue weighted by Gasteiger charge is 2.20. The van der Waals surface area contributed by atoms with Crippen LogP contribution in [0.4, 0.5) is 8.78 Å². The first-order valence-corrected chi connectivity index (χ1v) is 12.2. The van der Waals surface area contributed by atoms with Crippen molar-refractivity contribution >= 4 is 11.3 Å². The largest absolute Gasteiger partial charge is 0.388 e. The summed E-state index contributed by atoms with van der Waals surface area (Å²) < 4.78 is 33.0. The number of hydrogen-bond donors (Lipinski definition) is 1. The Hall–Kier alpha value is -2.16. The second kappa shape index (κ2) is 11.8. The molecule has 0 aliphatic carbocycles. The van der Waals surface area contributed by atoms with Gasteiger partial charge in [0.25, 0.3) is 0 Å². The molecule has 1 unspecified atom stereocenters. The summed E-state index contributed by atoms with van der Waals surface area (Å²) in [6.07, 6.45) is -0.00166. The molecule has 1 N–H and O–H groups in total. The Morgan fingerprint density at radius 2 is 1.36 bits per heavy atom. The van der Waals surface area contributed by atoms with Gasteiger partial charge in [0.2, 0.25) is 0 Å². The van der Waals surface area contributed by atoms with E-state index in [0.29, 0.717) is 6.61 Å². The van der Waals surface area contributed by atoms with Crippen LogP contribution in [0.15, 0.2) is 66.0 Å². The number of aliphatic hydroxyl groups is 1. The Morgan fingerprint density at radius 1 is 0.818 bits per heavy atom. The standard InChI is InChI=1S/C26H30F2N2O2S/c27-22-7-3-20(4-8-22)26(21-5-9-23(28)10-6-21)32-18-17-30-15-13-29(14-16-30)12-11-24(31)25-2-1-19-33-25/h1-10,19,24,26,31H,11-18H2. The first-order valence-electron chi connectivity index (χ1n) is 11.4. The van der Waals surface area contributed by atoms with Gasteiger partial charge in [0.1, 0.15) is 17.7 Å². The molecular formula is C26H30F2N2O2S. The van der Waals surface area contributed by atoms with E-state index in [-0.39, 0.29) is 23.8 Å². The number of benzene rings is 2. The van der Waals surface area contributed by atoms with Gasteiger partial charge < -0.3 is 14.7 Å². The van der Waals surface area contributed by atoms with Gasteiger partial charge in [0.15, 0.2) is 0 Å². The number of nitrogens with zero attached hydrogens (tertiary/aromatic N) is 2. The van der Waals surface area contributed by atoms with Gasteiger partial charge in [-0.3, -0.25) is 4.90 Å². The Balaban J connectivity index is 1.24. The van der Waals surface area contributed by atoms with Crippen LogP contribution in [0.5, 0.6) is 0 Å². The van der Waals surface area contributed by atoms with E-state index in [1.165, 1.54) is 24.3 Å². The number of ether oxygens (including phenoxy) is 1. The molecule has 0 amide bonds. The van der Waals surface area contributed by atoms with E-state index < -0.39 is 0 Å². The van der Waals surface area contributed by atoms with Crippen LogP contribution in [0.3, 0.4) is 0 Å². The highest BCUT2D eigenvalue weighted by atomic mass is 32.1. The van der Waals surface area contributed by atoms with Crippen molar-refractivity contribution in [3.05, 3.63) is 93.7 Å². The number of piperazine rings is 1. The first kappa shape index (κ1) is 24.0. The van der Waals surface area contributed by atoms with Gasteiger partial charge in [0, 0.05) is 44.1 Å². The lowest BCUT2D eigenvalue weighted by Gasteiger charge is -2.35. The molecule has 1 saturated heterocycles. The maximum atomic E-state index is 13.4. The molecule has 7 heteroatoms. The minimum atomic E-state index is -0.383. The van der Waals surface area contributed by atoms with Crippen molar-refractivity contribution in [1.29, 1.82) is 0 Å². The van der Waals surface area contributed by atoms with Crippen molar-refractivity contribution in [3.63, 3.8) is 0 Å². The zero-order valence-electron chi connectivity index (χ0n) is 18.6. The van der Waals surface area contributed by atoms with E-state index >= 15 is 0 Å². The van der Waals surface area contributed by atoms with Gasteiger partial charge in [-0.05, 0) is 53.3 Å². The molecule has 0 saturated carbocycles. The van der Waals surface area contributed by atoms with Crippen molar-refractivity contribution in [3.8, 4) is 0 Å². The third-order valence-electron chi connectivity index (χ3n) is 6.09. The smallest absolute Gasteiger partial charge is 0.123 e. The molecule has 0 bridgehead atoms. The van der Waals surface area contributed by atoms with Crippen LogP contribution in [0.1, 0.15) is 34.6 Å². The molecule has 0 spiro atoms.